The average Bonchev–Trinajstić information content (AvgIpc) is 2.69. The topological polar surface area (TPSA) is 67.0 Å². The number of nitrogens with zero attached hydrogens (tertiary/aromatic N) is 1. The van der Waals surface area contributed by atoms with Crippen LogP contribution in [0.3, 0.4) is 0 Å². The molecule has 0 aliphatic heterocycles. The number of halogens is 1. The third-order valence-corrected chi connectivity index (χ3v) is 2.20. The molecule has 0 fully saturated rings. The Bertz CT molecular complexity index is 328. The van der Waals surface area contributed by atoms with E-state index in [1.54, 1.807) is 0 Å². The second-order valence-electron chi connectivity index (χ2n) is 3.32. The minimum Gasteiger partial charge on any atom is -0.380 e. The molecule has 0 spiro atoms. The van der Waals surface area contributed by atoms with E-state index in [2.05, 4.69) is 15.5 Å². The van der Waals surface area contributed by atoms with Crippen LogP contribution in [0.4, 0.5) is 0 Å². The van der Waals surface area contributed by atoms with E-state index in [9.17, 15) is 4.79 Å². The largest absolute Gasteiger partial charge is 0.380 e. The molecule has 0 unspecified atom stereocenters. The Labute approximate surface area is 99.5 Å². The standard InChI is InChI=1S/C10H16ClN3O2/c1-8-9(7-13-14-8)10(15)12-4-2-5-16-6-3-11/h7H,2-6H2,1H3,(H,12,15)(H,13,14). The molecular formula is C10H16ClN3O2. The predicted molar refractivity (Wildman–Crippen MR) is 61.8 cm³/mol. The Kier molecular flexibility index (Phi) is 5.88. The second kappa shape index (κ2) is 7.24. The molecule has 0 aliphatic rings. The van der Waals surface area contributed by atoms with Gasteiger partial charge in [-0.3, -0.25) is 9.89 Å². The quantitative estimate of drug-likeness (QED) is 0.558. The van der Waals surface area contributed by atoms with Gasteiger partial charge in [0, 0.05) is 24.7 Å². The van der Waals surface area contributed by atoms with Crippen molar-refractivity contribution >= 4 is 17.5 Å². The lowest BCUT2D eigenvalue weighted by atomic mass is 10.2. The summed E-state index contributed by atoms with van der Waals surface area (Å²) >= 11 is 5.44. The monoisotopic (exact) mass is 245 g/mol. The Hall–Kier alpha value is -1.07. The number of alkyl halides is 1. The molecule has 16 heavy (non-hydrogen) atoms. The molecular weight excluding hydrogens is 230 g/mol. The molecule has 0 saturated carbocycles. The van der Waals surface area contributed by atoms with Gasteiger partial charge < -0.3 is 10.1 Å². The van der Waals surface area contributed by atoms with Crippen molar-refractivity contribution in [1.82, 2.24) is 15.5 Å². The van der Waals surface area contributed by atoms with E-state index < -0.39 is 0 Å². The number of nitrogens with one attached hydrogen (secondary N) is 2. The molecule has 1 aromatic rings. The molecule has 90 valence electrons. The first-order valence-electron chi connectivity index (χ1n) is 5.17. The van der Waals surface area contributed by atoms with Crippen LogP contribution >= 0.6 is 11.6 Å². The summed E-state index contributed by atoms with van der Waals surface area (Å²) in [5, 5.41) is 9.29. The summed E-state index contributed by atoms with van der Waals surface area (Å²) in [6.07, 6.45) is 2.30. The molecule has 5 nitrogen and oxygen atoms in total. The number of H-pyrrole nitrogens is 1. The highest BCUT2D eigenvalue weighted by Crippen LogP contribution is 2.01. The molecule has 1 heterocycles. The Morgan fingerprint density at radius 3 is 3.06 bits per heavy atom. The van der Waals surface area contributed by atoms with Crippen LogP contribution in [0.5, 0.6) is 0 Å². The van der Waals surface area contributed by atoms with Crippen molar-refractivity contribution in [3.05, 3.63) is 17.5 Å². The van der Waals surface area contributed by atoms with E-state index in [-0.39, 0.29) is 5.91 Å². The van der Waals surface area contributed by atoms with Crippen LogP contribution in [0.25, 0.3) is 0 Å². The lowest BCUT2D eigenvalue weighted by Crippen LogP contribution is -2.25. The number of hydrogen-bond donors (Lipinski definition) is 2. The van der Waals surface area contributed by atoms with Crippen LogP contribution in [0.1, 0.15) is 22.5 Å². The van der Waals surface area contributed by atoms with Crippen LogP contribution in [0.15, 0.2) is 6.20 Å². The van der Waals surface area contributed by atoms with Gasteiger partial charge in [-0.1, -0.05) is 0 Å². The Morgan fingerprint density at radius 2 is 2.44 bits per heavy atom. The summed E-state index contributed by atoms with van der Waals surface area (Å²) in [6.45, 7) is 3.56. The zero-order chi connectivity index (χ0) is 11.8. The van der Waals surface area contributed by atoms with Crippen molar-refractivity contribution < 1.29 is 9.53 Å². The van der Waals surface area contributed by atoms with Gasteiger partial charge in [-0.15, -0.1) is 11.6 Å². The average molecular weight is 246 g/mol. The highest BCUT2D eigenvalue weighted by molar-refractivity contribution is 6.17. The first kappa shape index (κ1) is 13.0. The minimum atomic E-state index is -0.108. The fourth-order valence-electron chi connectivity index (χ4n) is 1.21. The molecule has 1 aromatic heterocycles. The third kappa shape index (κ3) is 4.20. The van der Waals surface area contributed by atoms with Crippen molar-refractivity contribution in [1.29, 1.82) is 0 Å². The maximum absolute atomic E-state index is 11.6. The zero-order valence-electron chi connectivity index (χ0n) is 9.25. The summed E-state index contributed by atoms with van der Waals surface area (Å²) in [6, 6.07) is 0. The third-order valence-electron chi connectivity index (χ3n) is 2.05. The highest BCUT2D eigenvalue weighted by Gasteiger charge is 2.09. The second-order valence-corrected chi connectivity index (χ2v) is 3.70. The first-order chi connectivity index (χ1) is 7.75. The van der Waals surface area contributed by atoms with Crippen molar-refractivity contribution in [2.24, 2.45) is 0 Å². The SMILES string of the molecule is Cc1[nH]ncc1C(=O)NCCCOCCCl. The van der Waals surface area contributed by atoms with Crippen molar-refractivity contribution in [2.45, 2.75) is 13.3 Å². The van der Waals surface area contributed by atoms with Crippen molar-refractivity contribution in [2.75, 3.05) is 25.6 Å². The van der Waals surface area contributed by atoms with E-state index in [4.69, 9.17) is 16.3 Å². The Morgan fingerprint density at radius 1 is 1.62 bits per heavy atom. The van der Waals surface area contributed by atoms with Gasteiger partial charge in [0.25, 0.3) is 5.91 Å². The minimum absolute atomic E-state index is 0.108. The molecule has 6 heteroatoms. The number of aromatic amines is 1. The van der Waals surface area contributed by atoms with Crippen LogP contribution in [0, 0.1) is 6.92 Å². The Balaban J connectivity index is 2.14. The lowest BCUT2D eigenvalue weighted by Gasteiger charge is -2.04. The number of carbonyl (C=O) groups excluding carboxylic acids is 1. The maximum atomic E-state index is 11.6. The number of aryl methyl sites for hydroxylation is 1. The fourth-order valence-corrected chi connectivity index (χ4v) is 1.32. The van der Waals surface area contributed by atoms with E-state index in [1.807, 2.05) is 6.92 Å². The number of rotatable bonds is 7. The predicted octanol–water partition coefficient (Wildman–Crippen LogP) is 1.09. The normalized spacial score (nSPS) is 10.4. The molecule has 0 aliphatic carbocycles. The number of ether oxygens (including phenoxy) is 1. The number of carbonyl (C=O) groups is 1. The molecule has 0 radical (unpaired) electrons. The van der Waals surface area contributed by atoms with Crippen molar-refractivity contribution in [3.63, 3.8) is 0 Å². The van der Waals surface area contributed by atoms with Crippen LogP contribution in [-0.2, 0) is 4.74 Å². The summed E-state index contributed by atoms with van der Waals surface area (Å²) in [7, 11) is 0. The van der Waals surface area contributed by atoms with E-state index in [1.165, 1.54) is 6.20 Å². The summed E-state index contributed by atoms with van der Waals surface area (Å²) in [5.74, 6) is 0.393. The molecule has 1 rings (SSSR count). The van der Waals surface area contributed by atoms with Gasteiger partial charge in [0.05, 0.1) is 18.4 Å². The van der Waals surface area contributed by atoms with Gasteiger partial charge in [0.1, 0.15) is 0 Å². The molecule has 0 aromatic carbocycles. The van der Waals surface area contributed by atoms with Crippen molar-refractivity contribution in [3.8, 4) is 0 Å². The summed E-state index contributed by atoms with van der Waals surface area (Å²) in [4.78, 5) is 11.6. The van der Waals surface area contributed by atoms with Crippen LogP contribution in [0.2, 0.25) is 0 Å². The van der Waals surface area contributed by atoms with Gasteiger partial charge >= 0.3 is 0 Å². The molecule has 0 saturated heterocycles. The van der Waals surface area contributed by atoms with Gasteiger partial charge in [-0.25, -0.2) is 0 Å². The van der Waals surface area contributed by atoms with E-state index in [0.29, 0.717) is 31.2 Å². The summed E-state index contributed by atoms with van der Waals surface area (Å²) in [5.41, 5.74) is 1.36. The van der Waals surface area contributed by atoms with E-state index >= 15 is 0 Å². The fraction of sp³-hybridized carbons (Fsp3) is 0.600. The maximum Gasteiger partial charge on any atom is 0.254 e. The molecule has 2 N–H and O–H groups in total. The number of hydrogen-bond acceptors (Lipinski definition) is 3. The number of amides is 1. The smallest absolute Gasteiger partial charge is 0.254 e. The summed E-state index contributed by atoms with van der Waals surface area (Å²) < 4.78 is 5.18. The van der Waals surface area contributed by atoms with Gasteiger partial charge in [0.15, 0.2) is 0 Å². The van der Waals surface area contributed by atoms with Gasteiger partial charge in [-0.2, -0.15) is 5.10 Å². The van der Waals surface area contributed by atoms with E-state index in [0.717, 1.165) is 12.1 Å². The lowest BCUT2D eigenvalue weighted by molar-refractivity contribution is 0.0944. The highest BCUT2D eigenvalue weighted by atomic mass is 35.5. The van der Waals surface area contributed by atoms with Gasteiger partial charge in [-0.05, 0) is 13.3 Å². The number of aromatic nitrogens is 2. The molecule has 0 atom stereocenters. The van der Waals surface area contributed by atoms with Gasteiger partial charge in [0.2, 0.25) is 0 Å². The van der Waals surface area contributed by atoms with Crippen LogP contribution in [-0.4, -0.2) is 41.7 Å². The van der Waals surface area contributed by atoms with Crippen LogP contribution < -0.4 is 5.32 Å². The molecule has 0 bridgehead atoms. The zero-order valence-corrected chi connectivity index (χ0v) is 10.0. The first-order valence-corrected chi connectivity index (χ1v) is 5.71. The molecule has 1 amide bonds.